The number of anilines is 3. The molecule has 0 spiro atoms. The van der Waals surface area contributed by atoms with Crippen LogP contribution in [0.2, 0.25) is 0 Å². The van der Waals surface area contributed by atoms with E-state index in [9.17, 15) is 14.4 Å². The van der Waals surface area contributed by atoms with Crippen LogP contribution in [-0.4, -0.2) is 58.7 Å². The third kappa shape index (κ3) is 4.64. The monoisotopic (exact) mass is 467 g/mol. The maximum absolute atomic E-state index is 13.3. The summed E-state index contributed by atoms with van der Waals surface area (Å²) in [6, 6.07) is 10.4. The summed E-state index contributed by atoms with van der Waals surface area (Å²) in [7, 11) is 4.40. The molecule has 1 N–H and O–H groups in total. The molecule has 2 aliphatic rings. The van der Waals surface area contributed by atoms with Gasteiger partial charge in [0.1, 0.15) is 11.5 Å². The topological polar surface area (TPSA) is 97.4 Å². The Morgan fingerprint density at radius 1 is 0.971 bits per heavy atom. The second-order valence-electron chi connectivity index (χ2n) is 8.35. The number of nitrogens with zero attached hydrogens (tertiary/aromatic N) is 2. The standard InChI is InChI=1S/C25H29N3O6/c1-32-18-7-9-22(33-2)21(14-18)28-15-17(13-23(28)29)24(30)26-19-12-16(25(31)34-3)6-8-20(19)27-10-4-5-11-27/h6-9,12,14,17H,4-5,10-11,13,15H2,1-3H3,(H,26,30). The number of amides is 2. The predicted octanol–water partition coefficient (Wildman–Crippen LogP) is 3.08. The molecule has 1 atom stereocenters. The van der Waals surface area contributed by atoms with Crippen molar-refractivity contribution in [1.29, 1.82) is 0 Å². The van der Waals surface area contributed by atoms with Gasteiger partial charge in [0.05, 0.1) is 49.9 Å². The first-order valence-corrected chi connectivity index (χ1v) is 11.3. The molecule has 2 amide bonds. The normalized spacial score (nSPS) is 17.6. The molecule has 9 nitrogen and oxygen atoms in total. The van der Waals surface area contributed by atoms with Gasteiger partial charge in [-0.25, -0.2) is 4.79 Å². The number of carbonyl (C=O) groups excluding carboxylic acids is 3. The van der Waals surface area contributed by atoms with Gasteiger partial charge in [0.15, 0.2) is 0 Å². The van der Waals surface area contributed by atoms with Crippen LogP contribution in [0.5, 0.6) is 11.5 Å². The molecule has 180 valence electrons. The van der Waals surface area contributed by atoms with Crippen molar-refractivity contribution in [2.24, 2.45) is 5.92 Å². The predicted molar refractivity (Wildman–Crippen MR) is 128 cm³/mol. The summed E-state index contributed by atoms with van der Waals surface area (Å²) in [5.41, 5.74) is 2.31. The van der Waals surface area contributed by atoms with Crippen molar-refractivity contribution in [1.82, 2.24) is 0 Å². The molecule has 0 saturated carbocycles. The molecule has 2 fully saturated rings. The third-order valence-corrected chi connectivity index (χ3v) is 6.29. The molecule has 0 radical (unpaired) electrons. The first kappa shape index (κ1) is 23.4. The molecule has 2 aliphatic heterocycles. The highest BCUT2D eigenvalue weighted by Gasteiger charge is 2.37. The summed E-state index contributed by atoms with van der Waals surface area (Å²) >= 11 is 0. The van der Waals surface area contributed by atoms with E-state index in [1.807, 2.05) is 6.07 Å². The Bertz CT molecular complexity index is 1100. The lowest BCUT2D eigenvalue weighted by Crippen LogP contribution is -2.29. The van der Waals surface area contributed by atoms with Crippen LogP contribution in [0.4, 0.5) is 17.1 Å². The van der Waals surface area contributed by atoms with Crippen LogP contribution in [0.25, 0.3) is 0 Å². The molecule has 0 aliphatic carbocycles. The van der Waals surface area contributed by atoms with Crippen molar-refractivity contribution < 1.29 is 28.6 Å². The lowest BCUT2D eigenvalue weighted by molar-refractivity contribution is -0.122. The summed E-state index contributed by atoms with van der Waals surface area (Å²) in [6.07, 6.45) is 2.21. The summed E-state index contributed by atoms with van der Waals surface area (Å²) in [6.45, 7) is 1.97. The number of methoxy groups -OCH3 is 3. The van der Waals surface area contributed by atoms with Crippen LogP contribution in [0.3, 0.4) is 0 Å². The van der Waals surface area contributed by atoms with E-state index < -0.39 is 11.9 Å². The van der Waals surface area contributed by atoms with Gasteiger partial charge in [-0.05, 0) is 43.2 Å². The highest BCUT2D eigenvalue weighted by atomic mass is 16.5. The molecule has 1 unspecified atom stereocenters. The fourth-order valence-corrected chi connectivity index (χ4v) is 4.47. The molecule has 2 aromatic carbocycles. The van der Waals surface area contributed by atoms with E-state index in [-0.39, 0.29) is 24.8 Å². The zero-order valence-corrected chi connectivity index (χ0v) is 19.6. The van der Waals surface area contributed by atoms with E-state index in [1.54, 1.807) is 42.3 Å². The second kappa shape index (κ2) is 10.0. The van der Waals surface area contributed by atoms with Crippen molar-refractivity contribution in [2.75, 3.05) is 56.1 Å². The van der Waals surface area contributed by atoms with Gasteiger partial charge in [-0.3, -0.25) is 9.59 Å². The van der Waals surface area contributed by atoms with Gasteiger partial charge in [-0.15, -0.1) is 0 Å². The molecule has 2 saturated heterocycles. The fourth-order valence-electron chi connectivity index (χ4n) is 4.47. The van der Waals surface area contributed by atoms with E-state index in [1.165, 1.54) is 14.2 Å². The number of carbonyl (C=O) groups is 3. The third-order valence-electron chi connectivity index (χ3n) is 6.29. The minimum Gasteiger partial charge on any atom is -0.497 e. The fraction of sp³-hybridized carbons (Fsp3) is 0.400. The minimum absolute atomic E-state index is 0.0714. The Labute approximate surface area is 198 Å². The number of hydrogen-bond donors (Lipinski definition) is 1. The molecule has 34 heavy (non-hydrogen) atoms. The van der Waals surface area contributed by atoms with Crippen LogP contribution < -0.4 is 24.6 Å². The zero-order valence-electron chi connectivity index (χ0n) is 19.6. The van der Waals surface area contributed by atoms with E-state index in [0.29, 0.717) is 28.4 Å². The van der Waals surface area contributed by atoms with Crippen molar-refractivity contribution >= 4 is 34.8 Å². The van der Waals surface area contributed by atoms with Crippen LogP contribution in [0.15, 0.2) is 36.4 Å². The van der Waals surface area contributed by atoms with E-state index in [4.69, 9.17) is 14.2 Å². The average molecular weight is 468 g/mol. The van der Waals surface area contributed by atoms with Crippen molar-refractivity contribution in [3.63, 3.8) is 0 Å². The number of esters is 1. The Morgan fingerprint density at radius 3 is 2.41 bits per heavy atom. The summed E-state index contributed by atoms with van der Waals surface area (Å²) in [5.74, 6) is -0.369. The van der Waals surface area contributed by atoms with Crippen molar-refractivity contribution in [3.8, 4) is 11.5 Å². The Hall–Kier alpha value is -3.75. The number of benzene rings is 2. The van der Waals surface area contributed by atoms with Crippen LogP contribution in [0, 0.1) is 5.92 Å². The van der Waals surface area contributed by atoms with Gasteiger partial charge in [-0.2, -0.15) is 0 Å². The molecular weight excluding hydrogens is 438 g/mol. The summed E-state index contributed by atoms with van der Waals surface area (Å²) in [4.78, 5) is 41.9. The smallest absolute Gasteiger partial charge is 0.337 e. The van der Waals surface area contributed by atoms with E-state index in [0.717, 1.165) is 31.6 Å². The van der Waals surface area contributed by atoms with Gasteiger partial charge in [0.2, 0.25) is 11.8 Å². The highest BCUT2D eigenvalue weighted by Crippen LogP contribution is 2.37. The molecule has 0 bridgehead atoms. The number of rotatable bonds is 7. The maximum atomic E-state index is 13.3. The largest absolute Gasteiger partial charge is 0.497 e. The maximum Gasteiger partial charge on any atom is 0.337 e. The first-order valence-electron chi connectivity index (χ1n) is 11.3. The van der Waals surface area contributed by atoms with Gasteiger partial charge < -0.3 is 29.3 Å². The average Bonchev–Trinajstić information content (AvgIpc) is 3.53. The molecule has 2 heterocycles. The lowest BCUT2D eigenvalue weighted by Gasteiger charge is -2.23. The first-order chi connectivity index (χ1) is 16.4. The zero-order chi connectivity index (χ0) is 24.2. The van der Waals surface area contributed by atoms with Crippen LogP contribution in [0.1, 0.15) is 29.6 Å². The van der Waals surface area contributed by atoms with Crippen molar-refractivity contribution in [3.05, 3.63) is 42.0 Å². The second-order valence-corrected chi connectivity index (χ2v) is 8.35. The number of hydrogen-bond acceptors (Lipinski definition) is 7. The lowest BCUT2D eigenvalue weighted by atomic mass is 10.1. The van der Waals surface area contributed by atoms with Gasteiger partial charge in [0.25, 0.3) is 0 Å². The van der Waals surface area contributed by atoms with Gasteiger partial charge in [0, 0.05) is 32.1 Å². The van der Waals surface area contributed by atoms with Crippen LogP contribution >= 0.6 is 0 Å². The van der Waals surface area contributed by atoms with Crippen molar-refractivity contribution in [2.45, 2.75) is 19.3 Å². The van der Waals surface area contributed by atoms with E-state index in [2.05, 4.69) is 10.2 Å². The molecule has 4 rings (SSSR count). The SMILES string of the molecule is COC(=O)c1ccc(N2CCCC2)c(NC(=O)C2CC(=O)N(c3cc(OC)ccc3OC)C2)c1. The number of nitrogens with one attached hydrogen (secondary N) is 1. The Kier molecular flexibility index (Phi) is 6.90. The minimum atomic E-state index is -0.559. The summed E-state index contributed by atoms with van der Waals surface area (Å²) < 4.78 is 15.5. The molecule has 9 heteroatoms. The number of ether oxygens (including phenoxy) is 3. The Morgan fingerprint density at radius 2 is 1.74 bits per heavy atom. The van der Waals surface area contributed by atoms with Gasteiger partial charge in [-0.1, -0.05) is 0 Å². The van der Waals surface area contributed by atoms with Gasteiger partial charge >= 0.3 is 5.97 Å². The molecule has 0 aromatic heterocycles. The summed E-state index contributed by atoms with van der Waals surface area (Å²) in [5, 5.41) is 2.97. The van der Waals surface area contributed by atoms with Crippen LogP contribution in [-0.2, 0) is 14.3 Å². The Balaban J connectivity index is 1.56. The molecule has 2 aromatic rings. The van der Waals surface area contributed by atoms with E-state index >= 15 is 0 Å². The molecular formula is C25H29N3O6. The quantitative estimate of drug-likeness (QED) is 0.625. The highest BCUT2D eigenvalue weighted by molar-refractivity contribution is 6.05.